The van der Waals surface area contributed by atoms with E-state index in [0.717, 1.165) is 31.0 Å². The quantitative estimate of drug-likeness (QED) is 0.854. The molecule has 0 saturated carbocycles. The fourth-order valence-electron chi connectivity index (χ4n) is 2.93. The molecule has 1 aliphatic rings. The van der Waals surface area contributed by atoms with E-state index in [1.807, 2.05) is 12.1 Å². The van der Waals surface area contributed by atoms with Crippen molar-refractivity contribution in [3.8, 4) is 12.5 Å². The van der Waals surface area contributed by atoms with E-state index in [2.05, 4.69) is 23.5 Å². The highest BCUT2D eigenvalue weighted by Crippen LogP contribution is 2.34. The van der Waals surface area contributed by atoms with E-state index < -0.39 is 11.6 Å². The summed E-state index contributed by atoms with van der Waals surface area (Å²) in [6.07, 6.45) is 3.87. The van der Waals surface area contributed by atoms with E-state index in [1.165, 1.54) is 12.1 Å². The molecule has 0 spiro atoms. The number of likely N-dealkylation sites (tertiary alicyclic amines) is 1. The third-order valence-electron chi connectivity index (χ3n) is 3.98. The van der Waals surface area contributed by atoms with Gasteiger partial charge in [-0.1, -0.05) is 6.07 Å². The van der Waals surface area contributed by atoms with E-state index in [0.29, 0.717) is 11.4 Å². The molecule has 126 valence electrons. The molecule has 1 aromatic carbocycles. The highest BCUT2D eigenvalue weighted by molar-refractivity contribution is 5.30. The number of pyridine rings is 1. The van der Waals surface area contributed by atoms with Crippen molar-refractivity contribution in [3.63, 3.8) is 0 Å². The number of aromatic nitrogens is 1. The van der Waals surface area contributed by atoms with Crippen molar-refractivity contribution < 1.29 is 13.5 Å². The zero-order chi connectivity index (χ0) is 17.5. The lowest BCUT2D eigenvalue weighted by molar-refractivity contribution is 0.266. The topological polar surface area (TPSA) is 49.2 Å². The molecule has 4 nitrogen and oxygen atoms in total. The van der Waals surface area contributed by atoms with Gasteiger partial charge >= 0.3 is 0 Å². The summed E-state index contributed by atoms with van der Waals surface area (Å²) in [5.41, 5.74) is 1.48. The monoisotopic (exact) mass is 331 g/mol. The Bertz CT molecular complexity index is 685. The van der Waals surface area contributed by atoms with Crippen molar-refractivity contribution in [1.82, 2.24) is 9.88 Å². The molecule has 2 aromatic rings. The first-order valence-electron chi connectivity index (χ1n) is 7.62. The molecule has 1 aliphatic heterocycles. The van der Waals surface area contributed by atoms with E-state index in [4.69, 9.17) is 10.00 Å². The number of ether oxygens (including phenoxy) is 1. The SMILES string of the molecule is C#N.CN1CCCC1c1cccnc1OCc1cc(F)cc(F)c1. The first kappa shape index (κ1) is 17.8. The Labute approximate surface area is 140 Å². The molecule has 1 saturated heterocycles. The Hall–Kier alpha value is -2.52. The van der Waals surface area contributed by atoms with Crippen molar-refractivity contribution >= 4 is 0 Å². The van der Waals surface area contributed by atoms with Crippen molar-refractivity contribution in [3.05, 3.63) is 59.3 Å². The van der Waals surface area contributed by atoms with Gasteiger partial charge in [0.2, 0.25) is 5.88 Å². The third-order valence-corrected chi connectivity index (χ3v) is 3.98. The molecule has 1 atom stereocenters. The molecule has 0 N–H and O–H groups in total. The Morgan fingerprint density at radius 2 is 2.00 bits per heavy atom. The van der Waals surface area contributed by atoms with Gasteiger partial charge in [-0.2, -0.15) is 0 Å². The predicted molar refractivity (Wildman–Crippen MR) is 86.2 cm³/mol. The van der Waals surface area contributed by atoms with Crippen molar-refractivity contribution in [1.29, 1.82) is 5.26 Å². The zero-order valence-electron chi connectivity index (χ0n) is 13.5. The average molecular weight is 331 g/mol. The summed E-state index contributed by atoms with van der Waals surface area (Å²) in [5.74, 6) is -0.670. The molecule has 6 heteroatoms. The number of nitrogens with zero attached hydrogens (tertiary/aromatic N) is 3. The van der Waals surface area contributed by atoms with Crippen LogP contribution in [0.5, 0.6) is 5.88 Å². The van der Waals surface area contributed by atoms with E-state index in [1.54, 1.807) is 6.20 Å². The summed E-state index contributed by atoms with van der Waals surface area (Å²) in [6, 6.07) is 7.56. The lowest BCUT2D eigenvalue weighted by Crippen LogP contribution is -2.18. The fraction of sp³-hybridized carbons (Fsp3) is 0.333. The number of hydrogen-bond donors (Lipinski definition) is 0. The van der Waals surface area contributed by atoms with Gasteiger partial charge in [0.1, 0.15) is 18.2 Å². The van der Waals surface area contributed by atoms with Crippen molar-refractivity contribution in [2.45, 2.75) is 25.5 Å². The van der Waals surface area contributed by atoms with Crippen LogP contribution in [-0.2, 0) is 6.61 Å². The number of rotatable bonds is 4. The molecule has 2 heterocycles. The van der Waals surface area contributed by atoms with Crippen LogP contribution >= 0.6 is 0 Å². The number of benzene rings is 1. The van der Waals surface area contributed by atoms with E-state index >= 15 is 0 Å². The molecule has 0 aliphatic carbocycles. The minimum Gasteiger partial charge on any atom is -0.473 e. The molecule has 24 heavy (non-hydrogen) atoms. The smallest absolute Gasteiger partial charge is 0.218 e. The van der Waals surface area contributed by atoms with E-state index in [9.17, 15) is 8.78 Å². The number of halogens is 2. The van der Waals surface area contributed by atoms with Gasteiger partial charge in [-0.15, -0.1) is 0 Å². The van der Waals surface area contributed by atoms with Gasteiger partial charge in [0, 0.05) is 30.4 Å². The molecule has 0 bridgehead atoms. The van der Waals surface area contributed by atoms with Gasteiger partial charge in [-0.25, -0.2) is 19.0 Å². The lowest BCUT2D eigenvalue weighted by Gasteiger charge is -2.21. The van der Waals surface area contributed by atoms with Crippen LogP contribution in [0.4, 0.5) is 8.78 Å². The maximum Gasteiger partial charge on any atom is 0.218 e. The zero-order valence-corrected chi connectivity index (χ0v) is 13.5. The average Bonchev–Trinajstić information content (AvgIpc) is 3.00. The van der Waals surface area contributed by atoms with Crippen LogP contribution < -0.4 is 4.74 Å². The largest absolute Gasteiger partial charge is 0.473 e. The van der Waals surface area contributed by atoms with E-state index in [-0.39, 0.29) is 12.6 Å². The summed E-state index contributed by atoms with van der Waals surface area (Å²) >= 11 is 0. The van der Waals surface area contributed by atoms with Crippen molar-refractivity contribution in [2.75, 3.05) is 13.6 Å². The Morgan fingerprint density at radius 3 is 2.62 bits per heavy atom. The third kappa shape index (κ3) is 4.27. The Balaban J connectivity index is 0.00000100. The number of hydrogen-bond acceptors (Lipinski definition) is 4. The standard InChI is InChI=1S/C17H18F2N2O.CHN/c1-21-7-3-5-16(21)15-4-2-6-20-17(15)22-11-12-8-13(18)10-14(19)9-12;1-2/h2,4,6,8-10,16H,3,5,7,11H2,1H3;1H. The molecule has 1 aromatic heterocycles. The van der Waals surface area contributed by atoms with Gasteiger partial charge in [-0.05, 0) is 50.2 Å². The second kappa shape index (κ2) is 8.37. The molecular formula is C18H19F2N3O. The van der Waals surface area contributed by atoms with Crippen LogP contribution in [0.2, 0.25) is 0 Å². The summed E-state index contributed by atoms with van der Waals surface area (Å²) < 4.78 is 32.1. The Morgan fingerprint density at radius 1 is 1.29 bits per heavy atom. The van der Waals surface area contributed by atoms with Gasteiger partial charge in [0.05, 0.1) is 0 Å². The van der Waals surface area contributed by atoms with Crippen LogP contribution in [0.15, 0.2) is 36.5 Å². The van der Waals surface area contributed by atoms with Crippen LogP contribution in [0.1, 0.15) is 30.0 Å². The summed E-state index contributed by atoms with van der Waals surface area (Å²) in [5, 5.41) is 6.50. The summed E-state index contributed by atoms with van der Waals surface area (Å²) in [4.78, 5) is 6.55. The predicted octanol–water partition coefficient (Wildman–Crippen LogP) is 3.85. The van der Waals surface area contributed by atoms with Crippen LogP contribution in [0.25, 0.3) is 0 Å². The molecule has 0 radical (unpaired) electrons. The second-order valence-electron chi connectivity index (χ2n) is 5.60. The van der Waals surface area contributed by atoms with Crippen LogP contribution in [0.3, 0.4) is 0 Å². The van der Waals surface area contributed by atoms with Crippen LogP contribution in [-0.4, -0.2) is 23.5 Å². The molecule has 1 unspecified atom stereocenters. The maximum absolute atomic E-state index is 13.2. The number of nitriles is 1. The minimum absolute atomic E-state index is 0.0924. The first-order chi connectivity index (χ1) is 11.6. The highest BCUT2D eigenvalue weighted by Gasteiger charge is 2.25. The second-order valence-corrected chi connectivity index (χ2v) is 5.60. The lowest BCUT2D eigenvalue weighted by atomic mass is 10.1. The summed E-state index contributed by atoms with van der Waals surface area (Å²) in [6.45, 7) is 4.64. The highest BCUT2D eigenvalue weighted by atomic mass is 19.1. The molecular weight excluding hydrogens is 312 g/mol. The minimum atomic E-state index is -0.602. The first-order valence-corrected chi connectivity index (χ1v) is 7.62. The Kier molecular flexibility index (Phi) is 6.21. The maximum atomic E-state index is 13.2. The van der Waals surface area contributed by atoms with Gasteiger partial charge < -0.3 is 4.74 Å². The fourth-order valence-corrected chi connectivity index (χ4v) is 2.93. The molecule has 1 fully saturated rings. The van der Waals surface area contributed by atoms with Crippen molar-refractivity contribution in [2.24, 2.45) is 0 Å². The summed E-state index contributed by atoms with van der Waals surface area (Å²) in [7, 11) is 2.08. The van der Waals surface area contributed by atoms with Gasteiger partial charge in [0.15, 0.2) is 0 Å². The van der Waals surface area contributed by atoms with Crippen LogP contribution in [0, 0.1) is 23.5 Å². The van der Waals surface area contributed by atoms with Gasteiger partial charge in [-0.3, -0.25) is 4.90 Å². The van der Waals surface area contributed by atoms with Gasteiger partial charge in [0.25, 0.3) is 0 Å². The normalized spacial score (nSPS) is 17.1. The molecule has 3 rings (SSSR count). The molecule has 0 amide bonds.